The average Bonchev–Trinajstić information content (AvgIpc) is 2.85. The Hall–Kier alpha value is 0.880. The maximum absolute atomic E-state index is 10.3. The van der Waals surface area contributed by atoms with Gasteiger partial charge in [-0.25, -0.2) is 0 Å². The predicted molar refractivity (Wildman–Crippen MR) is 94.4 cm³/mol. The molecule has 0 saturated carbocycles. The van der Waals surface area contributed by atoms with Gasteiger partial charge in [-0.05, 0) is 12.8 Å². The third kappa shape index (κ3) is 4.45. The van der Waals surface area contributed by atoms with Crippen LogP contribution in [0, 0.1) is 12.3 Å². The fourth-order valence-corrected chi connectivity index (χ4v) is 4.20. The van der Waals surface area contributed by atoms with Crippen molar-refractivity contribution in [1.29, 1.82) is 0 Å². The number of ether oxygens (including phenoxy) is 2. The number of rotatable bonds is 3. The van der Waals surface area contributed by atoms with Crippen LogP contribution in [0.4, 0.5) is 0 Å². The molecule has 8 atom stereocenters. The first-order valence-corrected chi connectivity index (χ1v) is 10.1. The molecule has 0 aliphatic carbocycles. The Balaban J connectivity index is 2.12. The van der Waals surface area contributed by atoms with E-state index in [1.54, 1.807) is 0 Å². The van der Waals surface area contributed by atoms with Crippen LogP contribution in [-0.4, -0.2) is 50.1 Å². The molecular weight excluding hydrogens is 468 g/mol. The Labute approximate surface area is 151 Å². The predicted octanol–water partition coefficient (Wildman–Crippen LogP) is 3.39. The number of alkyl halides is 3. The zero-order chi connectivity index (χ0) is 15.6. The van der Waals surface area contributed by atoms with Gasteiger partial charge in [0.05, 0.1) is 30.5 Å². The number of hydrogen-bond acceptors (Lipinski definition) is 3. The van der Waals surface area contributed by atoms with Gasteiger partial charge < -0.3 is 14.6 Å². The molecule has 0 unspecified atom stereocenters. The molecule has 21 heavy (non-hydrogen) atoms. The van der Waals surface area contributed by atoms with Gasteiger partial charge in [0.15, 0.2) is 0 Å². The van der Waals surface area contributed by atoms with Crippen molar-refractivity contribution >= 4 is 47.8 Å². The third-order valence-electron chi connectivity index (χ3n) is 4.21. The maximum atomic E-state index is 10.3. The summed E-state index contributed by atoms with van der Waals surface area (Å²) in [5.41, 5.74) is 0. The van der Waals surface area contributed by atoms with Gasteiger partial charge in [0.1, 0.15) is 4.83 Å². The molecule has 0 aromatic carbocycles. The summed E-state index contributed by atoms with van der Waals surface area (Å²) in [4.78, 5) is 0.177. The summed E-state index contributed by atoms with van der Waals surface area (Å²) in [6.07, 6.45) is 8.04. The van der Waals surface area contributed by atoms with Crippen molar-refractivity contribution in [3.63, 3.8) is 0 Å². The quantitative estimate of drug-likeness (QED) is 0.489. The summed E-state index contributed by atoms with van der Waals surface area (Å²) in [6.45, 7) is 2.12. The number of fused-ring (bicyclic) bond motifs is 1. The van der Waals surface area contributed by atoms with Crippen LogP contribution in [0.3, 0.4) is 0 Å². The Morgan fingerprint density at radius 3 is 2.43 bits per heavy atom. The van der Waals surface area contributed by atoms with Crippen LogP contribution in [0.25, 0.3) is 0 Å². The van der Waals surface area contributed by atoms with E-state index in [-0.39, 0.29) is 38.9 Å². The molecular formula is C15H21Br3O3. The van der Waals surface area contributed by atoms with E-state index in [9.17, 15) is 5.11 Å². The van der Waals surface area contributed by atoms with Gasteiger partial charge in [-0.1, -0.05) is 60.6 Å². The fraction of sp³-hybridized carbons (Fsp3) is 0.867. The normalized spacial score (nSPS) is 43.2. The van der Waals surface area contributed by atoms with Crippen molar-refractivity contribution in [2.45, 2.75) is 77.6 Å². The number of hydrogen-bond donors (Lipinski definition) is 1. The molecule has 0 aromatic heterocycles. The van der Waals surface area contributed by atoms with Crippen LogP contribution < -0.4 is 0 Å². The van der Waals surface area contributed by atoms with E-state index >= 15 is 0 Å². The number of aliphatic hydroxyl groups excluding tert-OH is 1. The zero-order valence-electron chi connectivity index (χ0n) is 11.9. The minimum atomic E-state index is -0.432. The highest BCUT2D eigenvalue weighted by Gasteiger charge is 2.44. The fourth-order valence-electron chi connectivity index (χ4n) is 2.94. The molecule has 2 aliphatic heterocycles. The second kappa shape index (κ2) is 8.12. The van der Waals surface area contributed by atoms with Crippen LogP contribution >= 0.6 is 47.8 Å². The Morgan fingerprint density at radius 2 is 1.81 bits per heavy atom. The molecule has 0 radical (unpaired) electrons. The zero-order valence-corrected chi connectivity index (χ0v) is 16.7. The van der Waals surface area contributed by atoms with Crippen LogP contribution in [-0.2, 0) is 9.47 Å². The molecule has 0 spiro atoms. The summed E-state index contributed by atoms with van der Waals surface area (Å²) < 4.78 is 12.3. The van der Waals surface area contributed by atoms with Crippen LogP contribution in [0.15, 0.2) is 0 Å². The van der Waals surface area contributed by atoms with Crippen molar-refractivity contribution in [2.24, 2.45) is 0 Å². The van der Waals surface area contributed by atoms with E-state index in [1.807, 2.05) is 0 Å². The van der Waals surface area contributed by atoms with Crippen molar-refractivity contribution in [2.75, 3.05) is 0 Å². The second-order valence-corrected chi connectivity index (χ2v) is 9.05. The molecule has 2 heterocycles. The molecule has 2 aliphatic rings. The Bertz CT molecular complexity index is 387. The first-order chi connectivity index (χ1) is 9.96. The SMILES string of the molecule is C#C[C@@H](Br)[C@H]1C[C@H]2O[C@H]([C@@H](Br)CC)C[C@H](Br)[C@H](O)C[C@H]2O1. The van der Waals surface area contributed by atoms with E-state index in [0.29, 0.717) is 6.42 Å². The van der Waals surface area contributed by atoms with E-state index in [2.05, 4.69) is 60.6 Å². The molecule has 2 fully saturated rings. The van der Waals surface area contributed by atoms with E-state index in [0.717, 1.165) is 19.3 Å². The third-order valence-corrected chi connectivity index (χ3v) is 7.28. The Kier molecular flexibility index (Phi) is 7.05. The van der Waals surface area contributed by atoms with Crippen molar-refractivity contribution in [3.8, 4) is 12.3 Å². The summed E-state index contributed by atoms with van der Waals surface area (Å²) in [6, 6.07) is 0. The molecule has 2 saturated heterocycles. The smallest absolute Gasteiger partial charge is 0.101 e. The molecule has 3 nitrogen and oxygen atoms in total. The lowest BCUT2D eigenvalue weighted by Crippen LogP contribution is -2.42. The van der Waals surface area contributed by atoms with Gasteiger partial charge >= 0.3 is 0 Å². The van der Waals surface area contributed by atoms with Gasteiger partial charge in [-0.3, -0.25) is 0 Å². The largest absolute Gasteiger partial charge is 0.392 e. The lowest BCUT2D eigenvalue weighted by atomic mass is 9.96. The minimum absolute atomic E-state index is 0.00495. The van der Waals surface area contributed by atoms with Crippen LogP contribution in [0.5, 0.6) is 0 Å². The number of aliphatic hydroxyl groups is 1. The summed E-state index contributed by atoms with van der Waals surface area (Å²) in [7, 11) is 0. The molecule has 0 amide bonds. The van der Waals surface area contributed by atoms with E-state index in [1.165, 1.54) is 0 Å². The summed E-state index contributed by atoms with van der Waals surface area (Å²) in [5, 5.41) is 10.3. The molecule has 2 rings (SSSR count). The highest BCUT2D eigenvalue weighted by Crippen LogP contribution is 2.37. The highest BCUT2D eigenvalue weighted by atomic mass is 79.9. The van der Waals surface area contributed by atoms with Gasteiger partial charge in [0, 0.05) is 22.5 Å². The second-order valence-electron chi connectivity index (χ2n) is 5.71. The minimum Gasteiger partial charge on any atom is -0.392 e. The van der Waals surface area contributed by atoms with Gasteiger partial charge in [0.25, 0.3) is 0 Å². The first kappa shape index (κ1) is 18.2. The number of halogens is 3. The molecule has 0 aromatic rings. The summed E-state index contributed by atoms with van der Waals surface area (Å²) >= 11 is 10.7. The van der Waals surface area contributed by atoms with Crippen molar-refractivity contribution < 1.29 is 14.6 Å². The highest BCUT2D eigenvalue weighted by molar-refractivity contribution is 9.10. The van der Waals surface area contributed by atoms with Gasteiger partial charge in [0.2, 0.25) is 0 Å². The number of terminal acetylenes is 1. The average molecular weight is 489 g/mol. The standard InChI is InChI=1S/C15H21Br3O3/c1-3-8(16)12-5-10(18)11(19)6-14-15(20-12)7-13(21-14)9(17)4-2/h2,8-15,19H,3,5-7H2,1H3/t8-,9+,10-,11+,12-,13+,14+,15+/m0/s1. The molecule has 1 N–H and O–H groups in total. The van der Waals surface area contributed by atoms with Crippen molar-refractivity contribution in [3.05, 3.63) is 0 Å². The lowest BCUT2D eigenvalue weighted by molar-refractivity contribution is -0.0879. The lowest BCUT2D eigenvalue weighted by Gasteiger charge is -2.34. The van der Waals surface area contributed by atoms with Crippen LogP contribution in [0.2, 0.25) is 0 Å². The maximum Gasteiger partial charge on any atom is 0.101 e. The molecule has 120 valence electrons. The first-order valence-electron chi connectivity index (χ1n) is 7.33. The topological polar surface area (TPSA) is 38.7 Å². The summed E-state index contributed by atoms with van der Waals surface area (Å²) in [5.74, 6) is 2.67. The monoisotopic (exact) mass is 486 g/mol. The van der Waals surface area contributed by atoms with Gasteiger partial charge in [-0.15, -0.1) is 6.42 Å². The van der Waals surface area contributed by atoms with E-state index < -0.39 is 6.10 Å². The van der Waals surface area contributed by atoms with E-state index in [4.69, 9.17) is 15.9 Å². The molecule has 0 bridgehead atoms. The molecule has 6 heteroatoms. The van der Waals surface area contributed by atoms with Gasteiger partial charge in [-0.2, -0.15) is 0 Å². The van der Waals surface area contributed by atoms with Crippen molar-refractivity contribution in [1.82, 2.24) is 0 Å². The van der Waals surface area contributed by atoms with Crippen LogP contribution in [0.1, 0.15) is 32.6 Å². The Morgan fingerprint density at radius 1 is 1.19 bits per heavy atom.